The van der Waals surface area contributed by atoms with Gasteiger partial charge < -0.3 is 10.6 Å². The molecule has 2 atom stereocenters. The highest BCUT2D eigenvalue weighted by Gasteiger charge is 2.24. The summed E-state index contributed by atoms with van der Waals surface area (Å²) in [5, 5.41) is 6.27. The van der Waals surface area contributed by atoms with Crippen LogP contribution in [0.2, 0.25) is 0 Å². The number of carbonyl (C=O) groups is 1. The molecular weight excluding hydrogens is 258 g/mol. The third-order valence-corrected chi connectivity index (χ3v) is 4.37. The van der Waals surface area contributed by atoms with Crippen LogP contribution in [0.3, 0.4) is 0 Å². The summed E-state index contributed by atoms with van der Waals surface area (Å²) in [6, 6.07) is 5.77. The summed E-state index contributed by atoms with van der Waals surface area (Å²) in [5.41, 5.74) is 3.65. The van der Waals surface area contributed by atoms with Crippen molar-refractivity contribution in [3.05, 3.63) is 23.7 Å². The number of benzene rings is 1. The molecule has 19 heavy (non-hydrogen) atoms. The molecule has 1 aliphatic heterocycles. The van der Waals surface area contributed by atoms with Crippen molar-refractivity contribution in [2.24, 2.45) is 5.92 Å². The molecule has 0 spiro atoms. The molecule has 1 aromatic carbocycles. The standard InChI is InChI=1S/C14H17N3OS/c1-9-4-5-15-12(6-9)14(18)17-10-2-3-11-13(7-10)19-8-16-11/h2-3,7-9,12,15H,4-6H2,1H3,(H,17,18). The predicted octanol–water partition coefficient (Wildman–Crippen LogP) is 2.62. The first-order chi connectivity index (χ1) is 9.22. The highest BCUT2D eigenvalue weighted by Crippen LogP contribution is 2.22. The number of hydrogen-bond donors (Lipinski definition) is 2. The molecule has 2 N–H and O–H groups in total. The van der Waals surface area contributed by atoms with Crippen molar-refractivity contribution in [2.45, 2.75) is 25.8 Å². The zero-order valence-corrected chi connectivity index (χ0v) is 11.7. The van der Waals surface area contributed by atoms with Crippen molar-refractivity contribution in [2.75, 3.05) is 11.9 Å². The van der Waals surface area contributed by atoms with E-state index in [0.29, 0.717) is 5.92 Å². The molecule has 0 radical (unpaired) electrons. The second kappa shape index (κ2) is 5.27. The lowest BCUT2D eigenvalue weighted by Crippen LogP contribution is -2.45. The van der Waals surface area contributed by atoms with Crippen molar-refractivity contribution in [1.29, 1.82) is 0 Å². The molecule has 100 valence electrons. The molecule has 0 aliphatic carbocycles. The molecule has 4 nitrogen and oxygen atoms in total. The molecule has 1 fully saturated rings. The van der Waals surface area contributed by atoms with E-state index in [-0.39, 0.29) is 11.9 Å². The van der Waals surface area contributed by atoms with Gasteiger partial charge in [-0.1, -0.05) is 6.92 Å². The average Bonchev–Trinajstić information content (AvgIpc) is 2.86. The number of carbonyl (C=O) groups excluding carboxylic acids is 1. The maximum Gasteiger partial charge on any atom is 0.241 e. The topological polar surface area (TPSA) is 54.0 Å². The van der Waals surface area contributed by atoms with E-state index < -0.39 is 0 Å². The van der Waals surface area contributed by atoms with Crippen molar-refractivity contribution < 1.29 is 4.79 Å². The fraction of sp³-hybridized carbons (Fsp3) is 0.429. The molecular formula is C14H17N3OS. The predicted molar refractivity (Wildman–Crippen MR) is 78.4 cm³/mol. The van der Waals surface area contributed by atoms with E-state index in [2.05, 4.69) is 22.5 Å². The van der Waals surface area contributed by atoms with Crippen LogP contribution in [-0.2, 0) is 4.79 Å². The lowest BCUT2D eigenvalue weighted by Gasteiger charge is -2.27. The van der Waals surface area contributed by atoms with Gasteiger partial charge in [0.05, 0.1) is 21.8 Å². The first kappa shape index (κ1) is 12.6. The van der Waals surface area contributed by atoms with Crippen LogP contribution in [0.5, 0.6) is 0 Å². The Morgan fingerprint density at radius 3 is 3.26 bits per heavy atom. The Morgan fingerprint density at radius 2 is 2.42 bits per heavy atom. The van der Waals surface area contributed by atoms with E-state index >= 15 is 0 Å². The van der Waals surface area contributed by atoms with Gasteiger partial charge in [-0.2, -0.15) is 0 Å². The van der Waals surface area contributed by atoms with Gasteiger partial charge in [-0.15, -0.1) is 11.3 Å². The van der Waals surface area contributed by atoms with Gasteiger partial charge in [-0.3, -0.25) is 4.79 Å². The molecule has 2 heterocycles. The van der Waals surface area contributed by atoms with Gasteiger partial charge in [0, 0.05) is 5.69 Å². The Hall–Kier alpha value is -1.46. The third kappa shape index (κ3) is 2.77. The SMILES string of the molecule is CC1CCNC(C(=O)Nc2ccc3ncsc3c2)C1. The first-order valence-corrected chi connectivity index (χ1v) is 7.48. The lowest BCUT2D eigenvalue weighted by molar-refractivity contribution is -0.119. The average molecular weight is 275 g/mol. The zero-order chi connectivity index (χ0) is 13.2. The number of aromatic nitrogens is 1. The van der Waals surface area contributed by atoms with Crippen LogP contribution in [0.4, 0.5) is 5.69 Å². The van der Waals surface area contributed by atoms with E-state index in [4.69, 9.17) is 0 Å². The van der Waals surface area contributed by atoms with Crippen molar-refractivity contribution in [1.82, 2.24) is 10.3 Å². The summed E-state index contributed by atoms with van der Waals surface area (Å²) in [7, 11) is 0. The molecule has 1 amide bonds. The number of thiazole rings is 1. The van der Waals surface area contributed by atoms with Crippen LogP contribution >= 0.6 is 11.3 Å². The molecule has 3 rings (SSSR count). The van der Waals surface area contributed by atoms with Crippen molar-refractivity contribution in [3.8, 4) is 0 Å². The van der Waals surface area contributed by atoms with E-state index in [1.54, 1.807) is 11.3 Å². The van der Waals surface area contributed by atoms with Gasteiger partial charge in [0.1, 0.15) is 0 Å². The van der Waals surface area contributed by atoms with E-state index in [1.165, 1.54) is 0 Å². The fourth-order valence-corrected chi connectivity index (χ4v) is 3.19. The number of fused-ring (bicyclic) bond motifs is 1. The molecule has 2 aromatic rings. The normalized spacial score (nSPS) is 23.4. The van der Waals surface area contributed by atoms with Crippen LogP contribution in [-0.4, -0.2) is 23.5 Å². The molecule has 0 bridgehead atoms. The number of piperidine rings is 1. The van der Waals surface area contributed by atoms with Crippen LogP contribution in [0.1, 0.15) is 19.8 Å². The summed E-state index contributed by atoms with van der Waals surface area (Å²) in [6.07, 6.45) is 2.06. The van der Waals surface area contributed by atoms with E-state index in [0.717, 1.165) is 35.3 Å². The highest BCUT2D eigenvalue weighted by molar-refractivity contribution is 7.16. The maximum atomic E-state index is 12.2. The molecule has 1 aromatic heterocycles. The second-order valence-electron chi connectivity index (χ2n) is 5.16. The minimum atomic E-state index is -0.0686. The number of anilines is 1. The molecule has 1 aliphatic rings. The summed E-state index contributed by atoms with van der Waals surface area (Å²) >= 11 is 1.59. The van der Waals surface area contributed by atoms with Crippen LogP contribution < -0.4 is 10.6 Å². The molecule has 0 saturated carbocycles. The number of rotatable bonds is 2. The largest absolute Gasteiger partial charge is 0.325 e. The Kier molecular flexibility index (Phi) is 3.48. The summed E-state index contributed by atoms with van der Waals surface area (Å²) in [6.45, 7) is 3.12. The molecule has 5 heteroatoms. The lowest BCUT2D eigenvalue weighted by atomic mass is 9.94. The fourth-order valence-electron chi connectivity index (χ4n) is 2.47. The van der Waals surface area contributed by atoms with Gasteiger partial charge in [-0.05, 0) is 43.5 Å². The third-order valence-electron chi connectivity index (χ3n) is 3.58. The number of hydrogen-bond acceptors (Lipinski definition) is 4. The molecule has 1 saturated heterocycles. The minimum absolute atomic E-state index is 0.0652. The number of nitrogens with zero attached hydrogens (tertiary/aromatic N) is 1. The monoisotopic (exact) mass is 275 g/mol. The molecule has 2 unspecified atom stereocenters. The quantitative estimate of drug-likeness (QED) is 0.886. The van der Waals surface area contributed by atoms with Crippen molar-refractivity contribution >= 4 is 33.1 Å². The van der Waals surface area contributed by atoms with Gasteiger partial charge in [0.2, 0.25) is 5.91 Å². The maximum absolute atomic E-state index is 12.2. The first-order valence-electron chi connectivity index (χ1n) is 6.60. The highest BCUT2D eigenvalue weighted by atomic mass is 32.1. The number of nitrogens with one attached hydrogen (secondary N) is 2. The van der Waals surface area contributed by atoms with Gasteiger partial charge >= 0.3 is 0 Å². The summed E-state index contributed by atoms with van der Waals surface area (Å²) in [4.78, 5) is 16.4. The Balaban J connectivity index is 1.71. The second-order valence-corrected chi connectivity index (χ2v) is 6.05. The van der Waals surface area contributed by atoms with Crippen LogP contribution in [0.15, 0.2) is 23.7 Å². The van der Waals surface area contributed by atoms with Gasteiger partial charge in [0.15, 0.2) is 0 Å². The van der Waals surface area contributed by atoms with Crippen molar-refractivity contribution in [3.63, 3.8) is 0 Å². The zero-order valence-electron chi connectivity index (χ0n) is 10.8. The van der Waals surface area contributed by atoms with Gasteiger partial charge in [-0.25, -0.2) is 4.98 Å². The van der Waals surface area contributed by atoms with E-state index in [1.807, 2.05) is 23.7 Å². The van der Waals surface area contributed by atoms with Crippen LogP contribution in [0, 0.1) is 5.92 Å². The Bertz CT molecular complexity index is 595. The summed E-state index contributed by atoms with van der Waals surface area (Å²) < 4.78 is 1.10. The van der Waals surface area contributed by atoms with Gasteiger partial charge in [0.25, 0.3) is 0 Å². The minimum Gasteiger partial charge on any atom is -0.325 e. The Labute approximate surface area is 116 Å². The smallest absolute Gasteiger partial charge is 0.241 e. The van der Waals surface area contributed by atoms with Crippen LogP contribution in [0.25, 0.3) is 10.2 Å². The van der Waals surface area contributed by atoms with E-state index in [9.17, 15) is 4.79 Å². The number of amides is 1. The summed E-state index contributed by atoms with van der Waals surface area (Å²) in [5.74, 6) is 0.677. The Morgan fingerprint density at radius 1 is 1.53 bits per heavy atom.